The first-order valence-electron chi connectivity index (χ1n) is 9.43. The average molecular weight is 365 g/mol. The lowest BCUT2D eigenvalue weighted by atomic mass is 9.95. The van der Waals surface area contributed by atoms with Crippen LogP contribution in [0.15, 0.2) is 35.2 Å². The van der Waals surface area contributed by atoms with Crippen LogP contribution in [0.2, 0.25) is 0 Å². The Kier molecular flexibility index (Phi) is 6.12. The molecule has 0 N–H and O–H groups in total. The summed E-state index contributed by atoms with van der Waals surface area (Å²) in [7, 11) is -3.44. The number of amides is 1. The van der Waals surface area contributed by atoms with Crippen molar-refractivity contribution in [3.63, 3.8) is 0 Å². The average Bonchev–Trinajstić information content (AvgIpc) is 2.62. The normalized spacial score (nSPS) is 21.5. The monoisotopic (exact) mass is 364 g/mol. The SMILES string of the molecule is O=C(C1CCN(S(=O)(=O)c2ccccc2)CC1)N1CCCCCCC1. The van der Waals surface area contributed by atoms with E-state index in [2.05, 4.69) is 0 Å². The minimum absolute atomic E-state index is 0.0263. The quantitative estimate of drug-likeness (QED) is 0.829. The molecule has 1 aromatic carbocycles. The molecule has 1 amide bonds. The smallest absolute Gasteiger partial charge is 0.243 e. The van der Waals surface area contributed by atoms with Crippen molar-refractivity contribution in [2.45, 2.75) is 49.8 Å². The second-order valence-electron chi connectivity index (χ2n) is 7.08. The minimum atomic E-state index is -3.44. The van der Waals surface area contributed by atoms with Crippen LogP contribution in [0.4, 0.5) is 0 Å². The van der Waals surface area contributed by atoms with E-state index in [4.69, 9.17) is 0 Å². The van der Waals surface area contributed by atoms with Crippen LogP contribution in [0.25, 0.3) is 0 Å². The van der Waals surface area contributed by atoms with E-state index in [0.29, 0.717) is 30.8 Å². The zero-order valence-electron chi connectivity index (χ0n) is 14.8. The highest BCUT2D eigenvalue weighted by Crippen LogP contribution is 2.25. The van der Waals surface area contributed by atoms with Crippen LogP contribution < -0.4 is 0 Å². The zero-order valence-corrected chi connectivity index (χ0v) is 15.6. The highest BCUT2D eigenvalue weighted by atomic mass is 32.2. The van der Waals surface area contributed by atoms with Gasteiger partial charge in [-0.05, 0) is 37.8 Å². The number of hydrogen-bond acceptors (Lipinski definition) is 3. The molecule has 0 aliphatic carbocycles. The van der Waals surface area contributed by atoms with Crippen LogP contribution in [0.3, 0.4) is 0 Å². The van der Waals surface area contributed by atoms with Crippen molar-refractivity contribution in [2.75, 3.05) is 26.2 Å². The van der Waals surface area contributed by atoms with E-state index >= 15 is 0 Å². The van der Waals surface area contributed by atoms with Gasteiger partial charge in [0.25, 0.3) is 0 Å². The lowest BCUT2D eigenvalue weighted by molar-refractivity contribution is -0.137. The fourth-order valence-electron chi connectivity index (χ4n) is 3.81. The number of rotatable bonds is 3. The molecule has 2 heterocycles. The number of hydrogen-bond donors (Lipinski definition) is 0. The number of likely N-dealkylation sites (tertiary alicyclic amines) is 1. The van der Waals surface area contributed by atoms with Crippen LogP contribution in [0, 0.1) is 5.92 Å². The van der Waals surface area contributed by atoms with Gasteiger partial charge >= 0.3 is 0 Å². The summed E-state index contributed by atoms with van der Waals surface area (Å²) in [6.45, 7) is 2.59. The number of nitrogens with zero attached hydrogens (tertiary/aromatic N) is 2. The molecule has 0 radical (unpaired) electrons. The molecule has 5 nitrogen and oxygen atoms in total. The van der Waals surface area contributed by atoms with Crippen LogP contribution in [0.1, 0.15) is 44.9 Å². The molecule has 2 aliphatic rings. The maximum atomic E-state index is 12.8. The van der Waals surface area contributed by atoms with Gasteiger partial charge < -0.3 is 4.90 Å². The third-order valence-corrected chi connectivity index (χ3v) is 7.26. The van der Waals surface area contributed by atoms with Gasteiger partial charge in [0.15, 0.2) is 0 Å². The summed E-state index contributed by atoms with van der Waals surface area (Å²) in [5.41, 5.74) is 0. The van der Waals surface area contributed by atoms with Crippen LogP contribution in [0.5, 0.6) is 0 Å². The fraction of sp³-hybridized carbons (Fsp3) is 0.632. The van der Waals surface area contributed by atoms with Crippen molar-refractivity contribution < 1.29 is 13.2 Å². The summed E-state index contributed by atoms with van der Waals surface area (Å²) >= 11 is 0. The number of carbonyl (C=O) groups is 1. The molecule has 0 spiro atoms. The summed E-state index contributed by atoms with van der Waals surface area (Å²) in [5, 5.41) is 0. The van der Waals surface area contributed by atoms with Gasteiger partial charge in [0, 0.05) is 32.1 Å². The Hall–Kier alpha value is -1.40. The molecular formula is C19H28N2O3S. The lowest BCUT2D eigenvalue weighted by Crippen LogP contribution is -2.45. The summed E-state index contributed by atoms with van der Waals surface area (Å²) < 4.78 is 26.9. The third kappa shape index (κ3) is 4.42. The summed E-state index contributed by atoms with van der Waals surface area (Å²) in [5.74, 6) is 0.209. The van der Waals surface area contributed by atoms with E-state index in [-0.39, 0.29) is 11.8 Å². The molecule has 2 aliphatic heterocycles. The van der Waals surface area contributed by atoms with Gasteiger partial charge in [-0.1, -0.05) is 37.5 Å². The molecule has 0 saturated carbocycles. The second kappa shape index (κ2) is 8.32. The topological polar surface area (TPSA) is 57.7 Å². The van der Waals surface area contributed by atoms with Gasteiger partial charge in [-0.25, -0.2) is 8.42 Å². The van der Waals surface area contributed by atoms with Crippen LogP contribution in [-0.2, 0) is 14.8 Å². The number of carbonyl (C=O) groups excluding carboxylic acids is 1. The Morgan fingerprint density at radius 1 is 0.840 bits per heavy atom. The summed E-state index contributed by atoms with van der Waals surface area (Å²) in [6, 6.07) is 8.56. The van der Waals surface area contributed by atoms with Crippen LogP contribution in [-0.4, -0.2) is 49.7 Å². The van der Waals surface area contributed by atoms with E-state index in [1.54, 1.807) is 24.3 Å². The number of sulfonamides is 1. The fourth-order valence-corrected chi connectivity index (χ4v) is 5.30. The van der Waals surface area contributed by atoms with E-state index in [1.807, 2.05) is 11.0 Å². The Morgan fingerprint density at radius 3 is 2.00 bits per heavy atom. The molecule has 0 unspecified atom stereocenters. The highest BCUT2D eigenvalue weighted by Gasteiger charge is 2.33. The first-order chi connectivity index (χ1) is 12.1. The maximum absolute atomic E-state index is 12.8. The summed E-state index contributed by atoms with van der Waals surface area (Å²) in [4.78, 5) is 15.2. The predicted octanol–water partition coefficient (Wildman–Crippen LogP) is 2.88. The van der Waals surface area contributed by atoms with Crippen molar-refractivity contribution >= 4 is 15.9 Å². The highest BCUT2D eigenvalue weighted by molar-refractivity contribution is 7.89. The first-order valence-corrected chi connectivity index (χ1v) is 10.9. The first kappa shape index (κ1) is 18.4. The van der Waals surface area contributed by atoms with Gasteiger partial charge in [-0.15, -0.1) is 0 Å². The molecule has 2 fully saturated rings. The Bertz CT molecular complexity index is 659. The second-order valence-corrected chi connectivity index (χ2v) is 9.02. The standard InChI is InChI=1S/C19H28N2O3S/c22-19(20-13-7-2-1-3-8-14-20)17-11-15-21(16-12-17)25(23,24)18-9-5-4-6-10-18/h4-6,9-10,17H,1-3,7-8,11-16H2. The molecule has 2 saturated heterocycles. The maximum Gasteiger partial charge on any atom is 0.243 e. The number of benzene rings is 1. The van der Waals surface area contributed by atoms with E-state index in [0.717, 1.165) is 25.9 Å². The predicted molar refractivity (Wildman–Crippen MR) is 97.6 cm³/mol. The lowest BCUT2D eigenvalue weighted by Gasteiger charge is -2.34. The van der Waals surface area contributed by atoms with Crippen molar-refractivity contribution in [3.8, 4) is 0 Å². The molecule has 0 bridgehead atoms. The van der Waals surface area contributed by atoms with E-state index in [9.17, 15) is 13.2 Å². The van der Waals surface area contributed by atoms with Gasteiger partial charge in [-0.3, -0.25) is 4.79 Å². The molecule has 0 aromatic heterocycles. The Morgan fingerprint density at radius 2 is 1.40 bits per heavy atom. The molecule has 138 valence electrons. The van der Waals surface area contributed by atoms with E-state index < -0.39 is 10.0 Å². The minimum Gasteiger partial charge on any atom is -0.342 e. The molecule has 3 rings (SSSR count). The van der Waals surface area contributed by atoms with Crippen molar-refractivity contribution in [3.05, 3.63) is 30.3 Å². The number of piperidine rings is 1. The van der Waals surface area contributed by atoms with Crippen molar-refractivity contribution in [1.29, 1.82) is 0 Å². The molecule has 1 aromatic rings. The van der Waals surface area contributed by atoms with Gasteiger partial charge in [-0.2, -0.15) is 4.31 Å². The van der Waals surface area contributed by atoms with Gasteiger partial charge in [0.1, 0.15) is 0 Å². The van der Waals surface area contributed by atoms with Crippen molar-refractivity contribution in [1.82, 2.24) is 9.21 Å². The van der Waals surface area contributed by atoms with Crippen molar-refractivity contribution in [2.24, 2.45) is 5.92 Å². The molecule has 25 heavy (non-hydrogen) atoms. The Balaban J connectivity index is 1.58. The molecule has 6 heteroatoms. The third-order valence-electron chi connectivity index (χ3n) is 5.35. The van der Waals surface area contributed by atoms with Gasteiger partial charge in [0.2, 0.25) is 15.9 Å². The van der Waals surface area contributed by atoms with E-state index in [1.165, 1.54) is 23.6 Å². The van der Waals surface area contributed by atoms with Crippen LogP contribution >= 0.6 is 0 Å². The summed E-state index contributed by atoms with van der Waals surface area (Å²) in [6.07, 6.45) is 7.12. The van der Waals surface area contributed by atoms with Gasteiger partial charge in [0.05, 0.1) is 4.90 Å². The molecule has 0 atom stereocenters. The zero-order chi connectivity index (χ0) is 17.7. The molecular weight excluding hydrogens is 336 g/mol. The Labute approximate surface area is 151 Å². The largest absolute Gasteiger partial charge is 0.342 e.